The van der Waals surface area contributed by atoms with Gasteiger partial charge in [0.25, 0.3) is 0 Å². The molecule has 27 heavy (non-hydrogen) atoms. The second kappa shape index (κ2) is 6.85. The molecule has 3 aromatic carbocycles. The van der Waals surface area contributed by atoms with Crippen molar-refractivity contribution >= 4 is 38.5 Å². The van der Waals surface area contributed by atoms with Gasteiger partial charge in [-0.05, 0) is 42.0 Å². The molecule has 0 saturated heterocycles. The highest BCUT2D eigenvalue weighted by molar-refractivity contribution is 6.17. The van der Waals surface area contributed by atoms with E-state index in [1.54, 1.807) is 14.1 Å². The molecule has 0 bridgehead atoms. The number of hydrogen-bond donors (Lipinski definition) is 0. The van der Waals surface area contributed by atoms with Crippen LogP contribution >= 0.6 is 0 Å². The minimum absolute atomic E-state index is 0.431. The van der Waals surface area contributed by atoms with Crippen LogP contribution in [-0.4, -0.2) is 36.7 Å². The van der Waals surface area contributed by atoms with Crippen LogP contribution in [0.2, 0.25) is 0 Å². The number of fused-ring (bicyclic) bond motifs is 3. The first-order valence-electron chi connectivity index (χ1n) is 8.86. The first-order chi connectivity index (χ1) is 13.1. The lowest BCUT2D eigenvalue weighted by molar-refractivity contribution is -0.0710. The van der Waals surface area contributed by atoms with Gasteiger partial charge in [0.05, 0.1) is 28.6 Å². The topological polar surface area (TPSA) is 51.7 Å². The van der Waals surface area contributed by atoms with Crippen molar-refractivity contribution in [2.24, 2.45) is 0 Å². The second-order valence-corrected chi connectivity index (χ2v) is 6.48. The molecule has 5 heteroatoms. The molecule has 0 N–H and O–H groups in total. The minimum atomic E-state index is -0.431. The van der Waals surface area contributed by atoms with Crippen molar-refractivity contribution in [1.29, 1.82) is 0 Å². The summed E-state index contributed by atoms with van der Waals surface area (Å²) in [5.74, 6) is 0.197. The summed E-state index contributed by atoms with van der Waals surface area (Å²) < 4.78 is 5.79. The molecule has 5 nitrogen and oxygen atoms in total. The number of pyridine rings is 1. The van der Waals surface area contributed by atoms with Gasteiger partial charge >= 0.3 is 5.97 Å². The first kappa shape index (κ1) is 17.2. The van der Waals surface area contributed by atoms with Crippen LogP contribution in [-0.2, 0) is 4.84 Å². The van der Waals surface area contributed by atoms with Crippen LogP contribution in [0.15, 0.2) is 54.6 Å². The van der Waals surface area contributed by atoms with Crippen LogP contribution in [0.25, 0.3) is 32.6 Å². The molecule has 0 fully saturated rings. The number of ether oxygens (including phenoxy) is 1. The summed E-state index contributed by atoms with van der Waals surface area (Å²) in [5.41, 5.74) is 1.92. The van der Waals surface area contributed by atoms with E-state index in [0.717, 1.165) is 21.7 Å². The van der Waals surface area contributed by atoms with Crippen molar-refractivity contribution < 1.29 is 14.4 Å². The van der Waals surface area contributed by atoms with Crippen molar-refractivity contribution in [3.63, 3.8) is 0 Å². The Morgan fingerprint density at radius 1 is 1.00 bits per heavy atom. The van der Waals surface area contributed by atoms with Crippen molar-refractivity contribution in [1.82, 2.24) is 10.0 Å². The lowest BCUT2D eigenvalue weighted by Gasteiger charge is -2.16. The van der Waals surface area contributed by atoms with Crippen LogP contribution in [0.4, 0.5) is 0 Å². The highest BCUT2D eigenvalue weighted by atomic mass is 16.7. The van der Waals surface area contributed by atoms with Gasteiger partial charge < -0.3 is 9.57 Å². The summed E-state index contributed by atoms with van der Waals surface area (Å²) in [5, 5.41) is 4.93. The molecular weight excluding hydrogens is 340 g/mol. The van der Waals surface area contributed by atoms with E-state index in [1.807, 2.05) is 61.5 Å². The predicted octanol–water partition coefficient (Wildman–Crippen LogP) is 4.57. The Labute approximate surface area is 157 Å². The van der Waals surface area contributed by atoms with Crippen LogP contribution in [0, 0.1) is 0 Å². The van der Waals surface area contributed by atoms with Crippen LogP contribution in [0.5, 0.6) is 5.75 Å². The third kappa shape index (κ3) is 3.06. The summed E-state index contributed by atoms with van der Waals surface area (Å²) in [6.45, 7) is 2.41. The van der Waals surface area contributed by atoms with Crippen LogP contribution in [0.3, 0.4) is 0 Å². The van der Waals surface area contributed by atoms with E-state index in [0.29, 0.717) is 28.8 Å². The van der Waals surface area contributed by atoms with E-state index >= 15 is 0 Å². The summed E-state index contributed by atoms with van der Waals surface area (Å²) in [6, 6.07) is 17.6. The molecule has 0 spiro atoms. The number of benzene rings is 3. The minimum Gasteiger partial charge on any atom is -0.493 e. The quantitative estimate of drug-likeness (QED) is 0.394. The fourth-order valence-electron chi connectivity index (χ4n) is 3.35. The Kier molecular flexibility index (Phi) is 4.38. The SMILES string of the molecule is CCOc1cccc2nc3cc4ccccc4cc3c(C(=O)ON(C)C)c12. The zero-order valence-electron chi connectivity index (χ0n) is 15.5. The summed E-state index contributed by atoms with van der Waals surface area (Å²) in [7, 11) is 3.37. The average molecular weight is 360 g/mol. The Morgan fingerprint density at radius 2 is 1.74 bits per heavy atom. The molecule has 4 rings (SSSR count). The van der Waals surface area contributed by atoms with E-state index in [2.05, 4.69) is 0 Å². The first-order valence-corrected chi connectivity index (χ1v) is 8.86. The predicted molar refractivity (Wildman–Crippen MR) is 107 cm³/mol. The van der Waals surface area contributed by atoms with Crippen LogP contribution in [0.1, 0.15) is 17.3 Å². The zero-order chi connectivity index (χ0) is 19.0. The van der Waals surface area contributed by atoms with Gasteiger partial charge in [-0.3, -0.25) is 0 Å². The van der Waals surface area contributed by atoms with Gasteiger partial charge in [-0.1, -0.05) is 30.3 Å². The fourth-order valence-corrected chi connectivity index (χ4v) is 3.35. The second-order valence-electron chi connectivity index (χ2n) is 6.48. The van der Waals surface area contributed by atoms with E-state index in [1.165, 1.54) is 5.06 Å². The molecule has 4 aromatic rings. The molecule has 1 aromatic heterocycles. The number of hydrogen-bond acceptors (Lipinski definition) is 5. The molecule has 0 amide bonds. The molecule has 0 aliphatic heterocycles. The number of carbonyl (C=O) groups is 1. The van der Waals surface area contributed by atoms with Crippen LogP contribution < -0.4 is 4.74 Å². The molecule has 0 aliphatic rings. The Balaban J connectivity index is 2.14. The van der Waals surface area contributed by atoms with Gasteiger partial charge in [-0.15, -0.1) is 5.06 Å². The van der Waals surface area contributed by atoms with E-state index < -0.39 is 5.97 Å². The van der Waals surface area contributed by atoms with Gasteiger partial charge in [0.15, 0.2) is 0 Å². The molecule has 0 aliphatic carbocycles. The largest absolute Gasteiger partial charge is 0.493 e. The maximum atomic E-state index is 13.0. The molecular formula is C22H20N2O3. The maximum absolute atomic E-state index is 13.0. The zero-order valence-corrected chi connectivity index (χ0v) is 15.5. The van der Waals surface area contributed by atoms with Crippen molar-refractivity contribution in [2.75, 3.05) is 20.7 Å². The lowest BCUT2D eigenvalue weighted by Crippen LogP contribution is -2.19. The fraction of sp³-hybridized carbons (Fsp3) is 0.182. The molecule has 136 valence electrons. The number of nitrogens with zero attached hydrogens (tertiary/aromatic N) is 2. The van der Waals surface area contributed by atoms with Crippen molar-refractivity contribution in [3.8, 4) is 5.75 Å². The number of hydroxylamine groups is 2. The number of carbonyl (C=O) groups excluding carboxylic acids is 1. The Bertz CT molecular complexity index is 1170. The van der Waals surface area contributed by atoms with E-state index in [-0.39, 0.29) is 0 Å². The molecule has 0 saturated carbocycles. The van der Waals surface area contributed by atoms with Gasteiger partial charge in [0.1, 0.15) is 5.75 Å². The third-order valence-electron chi connectivity index (χ3n) is 4.40. The third-order valence-corrected chi connectivity index (χ3v) is 4.40. The molecule has 0 atom stereocenters. The standard InChI is InChI=1S/C22H20N2O3/c1-4-26-19-11-7-10-17-21(19)20(22(25)27-24(2)3)16-12-14-8-5-6-9-15(14)13-18(16)23-17/h5-13H,4H2,1-3H3. The number of aromatic nitrogens is 1. The summed E-state index contributed by atoms with van der Waals surface area (Å²) in [6.07, 6.45) is 0. The van der Waals surface area contributed by atoms with Crippen molar-refractivity contribution in [2.45, 2.75) is 6.92 Å². The van der Waals surface area contributed by atoms with Gasteiger partial charge in [0, 0.05) is 19.5 Å². The van der Waals surface area contributed by atoms with Gasteiger partial charge in [0.2, 0.25) is 0 Å². The van der Waals surface area contributed by atoms with Gasteiger partial charge in [-0.25, -0.2) is 9.78 Å². The molecule has 1 heterocycles. The summed E-state index contributed by atoms with van der Waals surface area (Å²) >= 11 is 0. The maximum Gasteiger partial charge on any atom is 0.358 e. The Morgan fingerprint density at radius 3 is 2.44 bits per heavy atom. The van der Waals surface area contributed by atoms with E-state index in [9.17, 15) is 4.79 Å². The van der Waals surface area contributed by atoms with Gasteiger partial charge in [-0.2, -0.15) is 0 Å². The molecule has 0 unspecified atom stereocenters. The average Bonchev–Trinajstić information content (AvgIpc) is 2.64. The normalized spacial score (nSPS) is 11.4. The number of rotatable bonds is 4. The van der Waals surface area contributed by atoms with E-state index in [4.69, 9.17) is 14.6 Å². The van der Waals surface area contributed by atoms with Crippen molar-refractivity contribution in [3.05, 3.63) is 60.2 Å². The monoisotopic (exact) mass is 360 g/mol. The molecule has 0 radical (unpaired) electrons. The lowest BCUT2D eigenvalue weighted by atomic mass is 9.99. The smallest absolute Gasteiger partial charge is 0.358 e. The highest BCUT2D eigenvalue weighted by Crippen LogP contribution is 2.35. The summed E-state index contributed by atoms with van der Waals surface area (Å²) in [4.78, 5) is 23.2. The highest BCUT2D eigenvalue weighted by Gasteiger charge is 2.22. The Hall–Kier alpha value is -3.18.